The van der Waals surface area contributed by atoms with Gasteiger partial charge in [-0.3, -0.25) is 9.59 Å². The van der Waals surface area contributed by atoms with E-state index in [1.165, 1.54) is 0 Å². The summed E-state index contributed by atoms with van der Waals surface area (Å²) in [6, 6.07) is 12.7. The highest BCUT2D eigenvalue weighted by atomic mass is 32.2. The Labute approximate surface area is 162 Å². The summed E-state index contributed by atoms with van der Waals surface area (Å²) in [6.45, 7) is 2.26. The van der Waals surface area contributed by atoms with Gasteiger partial charge in [0.25, 0.3) is 0 Å². The molecule has 0 radical (unpaired) electrons. The number of ether oxygens (including phenoxy) is 1. The minimum absolute atomic E-state index is 0.0974. The number of thioether (sulfide) groups is 1. The summed E-state index contributed by atoms with van der Waals surface area (Å²) in [5, 5.41) is 13.5. The van der Waals surface area contributed by atoms with Gasteiger partial charge >= 0.3 is 0 Å². The van der Waals surface area contributed by atoms with E-state index < -0.39 is 5.92 Å². The maximum atomic E-state index is 12.6. The molecular weight excluding hydrogens is 362 g/mol. The molecule has 27 heavy (non-hydrogen) atoms. The van der Waals surface area contributed by atoms with E-state index in [2.05, 4.69) is 5.32 Å². The predicted octanol–water partition coefficient (Wildman–Crippen LogP) is 3.57. The molecule has 6 nitrogen and oxygen atoms in total. The van der Waals surface area contributed by atoms with Crippen LogP contribution in [0.3, 0.4) is 0 Å². The number of carbonyl (C=O) groups is 2. The molecule has 2 amide bonds. The number of amides is 2. The Bertz CT molecular complexity index is 906. The maximum absolute atomic E-state index is 12.6. The molecule has 1 aliphatic heterocycles. The Morgan fingerprint density at radius 1 is 1.30 bits per heavy atom. The molecule has 0 bridgehead atoms. The molecule has 3 rings (SSSR count). The first-order valence-electron chi connectivity index (χ1n) is 8.43. The minimum atomic E-state index is -0.434. The van der Waals surface area contributed by atoms with Gasteiger partial charge in [0.2, 0.25) is 11.8 Å². The lowest BCUT2D eigenvalue weighted by atomic mass is 10.1. The Morgan fingerprint density at radius 3 is 2.70 bits per heavy atom. The molecule has 1 saturated heterocycles. The second-order valence-corrected chi connectivity index (χ2v) is 7.15. The fraction of sp³-hybridized carbons (Fsp3) is 0.250. The van der Waals surface area contributed by atoms with Gasteiger partial charge in [0, 0.05) is 23.5 Å². The van der Waals surface area contributed by atoms with Crippen LogP contribution >= 0.6 is 11.8 Å². The van der Waals surface area contributed by atoms with Crippen LogP contribution in [0.5, 0.6) is 5.75 Å². The lowest BCUT2D eigenvalue weighted by Gasteiger charge is -2.20. The summed E-state index contributed by atoms with van der Waals surface area (Å²) in [7, 11) is 1.56. The first kappa shape index (κ1) is 18.8. The van der Waals surface area contributed by atoms with E-state index in [9.17, 15) is 9.59 Å². The summed E-state index contributed by atoms with van der Waals surface area (Å²) >= 11 is 1.06. The molecule has 1 heterocycles. The van der Waals surface area contributed by atoms with Crippen LogP contribution in [0, 0.1) is 23.5 Å². The molecule has 0 aromatic heterocycles. The van der Waals surface area contributed by atoms with Gasteiger partial charge < -0.3 is 15.0 Å². The molecule has 2 aromatic rings. The number of nitrogens with one attached hydrogen (secondary N) is 1. The molecule has 1 N–H and O–H groups in total. The lowest BCUT2D eigenvalue weighted by Crippen LogP contribution is -2.28. The van der Waals surface area contributed by atoms with Gasteiger partial charge in [0.15, 0.2) is 0 Å². The van der Waals surface area contributed by atoms with Crippen molar-refractivity contribution >= 4 is 35.0 Å². The number of carbonyl (C=O) groups excluding carboxylic acids is 2. The minimum Gasteiger partial charge on any atom is -0.495 e. The van der Waals surface area contributed by atoms with Gasteiger partial charge in [0.1, 0.15) is 11.2 Å². The average Bonchev–Trinajstić information content (AvgIpc) is 3.05. The van der Waals surface area contributed by atoms with Crippen LogP contribution in [0.15, 0.2) is 47.4 Å². The number of nitrogens with zero attached hydrogens (tertiary/aromatic N) is 2. The van der Waals surface area contributed by atoms with Crippen molar-refractivity contribution < 1.29 is 14.3 Å². The van der Waals surface area contributed by atoms with Crippen molar-refractivity contribution in [2.75, 3.05) is 23.9 Å². The number of methoxy groups -OCH3 is 1. The molecule has 0 aliphatic carbocycles. The first-order chi connectivity index (χ1) is 13.0. The van der Waals surface area contributed by atoms with E-state index >= 15 is 0 Å². The summed E-state index contributed by atoms with van der Waals surface area (Å²) in [6.07, 6.45) is 0.158. The second-order valence-electron chi connectivity index (χ2n) is 6.29. The molecule has 1 unspecified atom stereocenters. The maximum Gasteiger partial charge on any atom is 0.229 e. The van der Waals surface area contributed by atoms with Gasteiger partial charge in [-0.25, -0.2) is 0 Å². The van der Waals surface area contributed by atoms with Crippen LogP contribution < -0.4 is 15.0 Å². The molecule has 1 aliphatic rings. The fourth-order valence-electron chi connectivity index (χ4n) is 3.03. The summed E-state index contributed by atoms with van der Waals surface area (Å²) < 4.78 is 5.36. The second kappa shape index (κ2) is 8.14. The van der Waals surface area contributed by atoms with Crippen LogP contribution in [-0.4, -0.2) is 25.5 Å². The number of hydrogen-bond donors (Lipinski definition) is 1. The monoisotopic (exact) mass is 381 g/mol. The molecule has 2 aromatic carbocycles. The summed E-state index contributed by atoms with van der Waals surface area (Å²) in [5.41, 5.74) is 2.35. The highest BCUT2D eigenvalue weighted by Gasteiger charge is 2.36. The number of nitriles is 1. The van der Waals surface area contributed by atoms with E-state index in [0.717, 1.165) is 22.2 Å². The van der Waals surface area contributed by atoms with Gasteiger partial charge in [-0.15, -0.1) is 0 Å². The smallest absolute Gasteiger partial charge is 0.229 e. The zero-order valence-electron chi connectivity index (χ0n) is 15.1. The Balaban J connectivity index is 1.71. The van der Waals surface area contributed by atoms with E-state index in [0.29, 0.717) is 23.7 Å². The topological polar surface area (TPSA) is 82.4 Å². The summed E-state index contributed by atoms with van der Waals surface area (Å²) in [4.78, 5) is 27.5. The van der Waals surface area contributed by atoms with Crippen molar-refractivity contribution in [3.8, 4) is 11.2 Å². The molecule has 1 fully saturated rings. The zero-order valence-corrected chi connectivity index (χ0v) is 15.9. The number of hydrogen-bond acceptors (Lipinski definition) is 5. The molecular formula is C20H19N3O3S. The number of benzene rings is 2. The summed E-state index contributed by atoms with van der Waals surface area (Å²) in [5.74, 6) is -0.116. The van der Waals surface area contributed by atoms with Crippen molar-refractivity contribution in [3.05, 3.63) is 48.0 Å². The van der Waals surface area contributed by atoms with Crippen molar-refractivity contribution in [2.45, 2.75) is 18.2 Å². The quantitative estimate of drug-likeness (QED) is 0.632. The lowest BCUT2D eigenvalue weighted by molar-refractivity contribution is -0.122. The fourth-order valence-corrected chi connectivity index (χ4v) is 3.41. The number of thiocyanates is 1. The van der Waals surface area contributed by atoms with E-state index in [-0.39, 0.29) is 18.2 Å². The van der Waals surface area contributed by atoms with Crippen LogP contribution in [0.25, 0.3) is 0 Å². The van der Waals surface area contributed by atoms with E-state index in [1.807, 2.05) is 30.5 Å². The Hall–Kier alpha value is -2.98. The third-order valence-electron chi connectivity index (χ3n) is 4.41. The van der Waals surface area contributed by atoms with Gasteiger partial charge in [-0.2, -0.15) is 5.26 Å². The van der Waals surface area contributed by atoms with Gasteiger partial charge in [-0.05, 0) is 60.6 Å². The van der Waals surface area contributed by atoms with Crippen molar-refractivity contribution in [3.63, 3.8) is 0 Å². The Morgan fingerprint density at radius 2 is 2.04 bits per heavy atom. The van der Waals surface area contributed by atoms with Gasteiger partial charge in [0.05, 0.1) is 18.7 Å². The molecule has 0 saturated carbocycles. The third kappa shape index (κ3) is 4.23. The molecule has 1 atom stereocenters. The Kier molecular flexibility index (Phi) is 5.67. The molecule has 138 valence electrons. The third-order valence-corrected chi connectivity index (χ3v) is 5.01. The van der Waals surface area contributed by atoms with Crippen LogP contribution in [-0.2, 0) is 9.59 Å². The standard InChI is InChI=1S/C20H19N3O3S/c1-13-3-8-18(26-2)17(9-13)23-11-14(10-19(23)24)20(25)22-15-4-6-16(7-5-15)27-12-21/h3-9,14H,10-11H2,1-2H3,(H,22,25). The van der Waals surface area contributed by atoms with Crippen molar-refractivity contribution in [1.29, 1.82) is 5.26 Å². The van der Waals surface area contributed by atoms with E-state index in [1.54, 1.807) is 36.3 Å². The van der Waals surface area contributed by atoms with Crippen molar-refractivity contribution in [1.82, 2.24) is 0 Å². The van der Waals surface area contributed by atoms with Gasteiger partial charge in [-0.1, -0.05) is 6.07 Å². The van der Waals surface area contributed by atoms with Crippen LogP contribution in [0.2, 0.25) is 0 Å². The SMILES string of the molecule is COc1ccc(C)cc1N1CC(C(=O)Nc2ccc(SC#N)cc2)CC1=O. The normalized spacial score (nSPS) is 16.1. The highest BCUT2D eigenvalue weighted by molar-refractivity contribution is 8.03. The van der Waals surface area contributed by atoms with Crippen molar-refractivity contribution in [2.24, 2.45) is 5.92 Å². The largest absolute Gasteiger partial charge is 0.495 e. The first-order valence-corrected chi connectivity index (χ1v) is 9.25. The number of anilines is 2. The molecule has 7 heteroatoms. The highest BCUT2D eigenvalue weighted by Crippen LogP contribution is 2.34. The van der Waals surface area contributed by atoms with Crippen LogP contribution in [0.4, 0.5) is 11.4 Å². The number of aryl methyl sites for hydroxylation is 1. The zero-order chi connectivity index (χ0) is 19.4. The van der Waals surface area contributed by atoms with Crippen LogP contribution in [0.1, 0.15) is 12.0 Å². The number of rotatable bonds is 5. The van der Waals surface area contributed by atoms with E-state index in [4.69, 9.17) is 10.00 Å². The predicted molar refractivity (Wildman–Crippen MR) is 105 cm³/mol. The molecule has 0 spiro atoms. The average molecular weight is 381 g/mol.